The first-order chi connectivity index (χ1) is 7.64. The van der Waals surface area contributed by atoms with Crippen LogP contribution in [0.4, 0.5) is 0 Å². The zero-order chi connectivity index (χ0) is 12.0. The molecule has 0 aromatic heterocycles. The van der Waals surface area contributed by atoms with Crippen LogP contribution in [-0.4, -0.2) is 39.9 Å². The van der Waals surface area contributed by atoms with Crippen molar-refractivity contribution in [3.8, 4) is 0 Å². The summed E-state index contributed by atoms with van der Waals surface area (Å²) in [4.78, 5) is 14.0. The largest absolute Gasteiger partial charge is 0.395 e. The lowest BCUT2D eigenvalue weighted by Crippen LogP contribution is -2.50. The van der Waals surface area contributed by atoms with Crippen molar-refractivity contribution in [2.75, 3.05) is 19.7 Å². The number of aliphatic hydroxyl groups excluding tert-OH is 1. The summed E-state index contributed by atoms with van der Waals surface area (Å²) in [5.74, 6) is 0.170. The Kier molecular flexibility index (Phi) is 5.76. The SMILES string of the molecule is CCCCCN(CCO)C(=O)C1(Br)CCC1. The minimum Gasteiger partial charge on any atom is -0.395 e. The molecule has 0 atom stereocenters. The maximum Gasteiger partial charge on any atom is 0.239 e. The summed E-state index contributed by atoms with van der Waals surface area (Å²) in [5, 5.41) is 8.99. The van der Waals surface area contributed by atoms with Crippen molar-refractivity contribution in [3.63, 3.8) is 0 Å². The van der Waals surface area contributed by atoms with Crippen LogP contribution in [0.2, 0.25) is 0 Å². The van der Waals surface area contributed by atoms with E-state index in [0.717, 1.165) is 45.1 Å². The molecule has 1 amide bonds. The molecular formula is C12H22BrNO2. The van der Waals surface area contributed by atoms with Crippen LogP contribution in [-0.2, 0) is 4.79 Å². The first-order valence-electron chi connectivity index (χ1n) is 6.23. The van der Waals surface area contributed by atoms with Crippen LogP contribution in [0.3, 0.4) is 0 Å². The van der Waals surface area contributed by atoms with Crippen LogP contribution in [0, 0.1) is 0 Å². The van der Waals surface area contributed by atoms with Crippen LogP contribution < -0.4 is 0 Å². The van der Waals surface area contributed by atoms with Crippen molar-refractivity contribution < 1.29 is 9.90 Å². The maximum absolute atomic E-state index is 12.2. The van der Waals surface area contributed by atoms with Crippen molar-refractivity contribution in [2.24, 2.45) is 0 Å². The lowest BCUT2D eigenvalue weighted by Gasteiger charge is -2.39. The van der Waals surface area contributed by atoms with E-state index in [-0.39, 0.29) is 16.8 Å². The van der Waals surface area contributed by atoms with Crippen molar-refractivity contribution in [2.45, 2.75) is 49.8 Å². The fourth-order valence-electron chi connectivity index (χ4n) is 1.97. The van der Waals surface area contributed by atoms with E-state index in [4.69, 9.17) is 5.11 Å². The van der Waals surface area contributed by atoms with Crippen molar-refractivity contribution in [1.29, 1.82) is 0 Å². The Bertz CT molecular complexity index is 229. The third-order valence-corrected chi connectivity index (χ3v) is 4.35. The lowest BCUT2D eigenvalue weighted by molar-refractivity contribution is -0.136. The fourth-order valence-corrected chi connectivity index (χ4v) is 2.78. The molecule has 0 aliphatic heterocycles. The highest BCUT2D eigenvalue weighted by Crippen LogP contribution is 2.41. The van der Waals surface area contributed by atoms with Crippen LogP contribution in [0.5, 0.6) is 0 Å². The summed E-state index contributed by atoms with van der Waals surface area (Å²) in [6, 6.07) is 0. The number of hydrogen-bond acceptors (Lipinski definition) is 2. The minimum absolute atomic E-state index is 0.0565. The van der Waals surface area contributed by atoms with Gasteiger partial charge in [-0.1, -0.05) is 35.7 Å². The second-order valence-corrected chi connectivity index (χ2v) is 6.06. The number of aliphatic hydroxyl groups is 1. The molecule has 0 aromatic rings. The van der Waals surface area contributed by atoms with Crippen LogP contribution in [0.15, 0.2) is 0 Å². The van der Waals surface area contributed by atoms with E-state index < -0.39 is 0 Å². The number of rotatable bonds is 7. The second kappa shape index (κ2) is 6.60. The van der Waals surface area contributed by atoms with E-state index in [0.29, 0.717) is 6.54 Å². The Morgan fingerprint density at radius 2 is 2.06 bits per heavy atom. The summed E-state index contributed by atoms with van der Waals surface area (Å²) in [6.07, 6.45) is 6.32. The molecule has 1 fully saturated rings. The third kappa shape index (κ3) is 3.45. The molecule has 16 heavy (non-hydrogen) atoms. The van der Waals surface area contributed by atoms with Crippen LogP contribution in [0.1, 0.15) is 45.4 Å². The molecule has 1 aliphatic carbocycles. The highest BCUT2D eigenvalue weighted by molar-refractivity contribution is 9.10. The first kappa shape index (κ1) is 14.0. The maximum atomic E-state index is 12.2. The van der Waals surface area contributed by atoms with E-state index in [9.17, 15) is 4.79 Å². The van der Waals surface area contributed by atoms with E-state index in [2.05, 4.69) is 22.9 Å². The molecule has 1 aliphatic rings. The molecule has 0 radical (unpaired) electrons. The van der Waals surface area contributed by atoms with E-state index >= 15 is 0 Å². The number of hydrogen-bond donors (Lipinski definition) is 1. The number of amides is 1. The minimum atomic E-state index is -0.311. The molecule has 3 nitrogen and oxygen atoms in total. The van der Waals surface area contributed by atoms with Gasteiger partial charge in [0.1, 0.15) is 4.32 Å². The van der Waals surface area contributed by atoms with Gasteiger partial charge in [-0.3, -0.25) is 4.79 Å². The second-order valence-electron chi connectivity index (χ2n) is 4.54. The Labute approximate surface area is 106 Å². The Balaban J connectivity index is 2.44. The van der Waals surface area contributed by atoms with Crippen molar-refractivity contribution in [3.05, 3.63) is 0 Å². The zero-order valence-electron chi connectivity index (χ0n) is 10.0. The van der Waals surface area contributed by atoms with Gasteiger partial charge in [-0.2, -0.15) is 0 Å². The molecule has 1 rings (SSSR count). The average molecular weight is 292 g/mol. The summed E-state index contributed by atoms with van der Waals surface area (Å²) in [6.45, 7) is 3.45. The molecule has 94 valence electrons. The van der Waals surface area contributed by atoms with Gasteiger partial charge in [-0.05, 0) is 25.7 Å². The number of unbranched alkanes of at least 4 members (excludes halogenated alkanes) is 2. The van der Waals surface area contributed by atoms with Crippen molar-refractivity contribution >= 4 is 21.8 Å². The normalized spacial score (nSPS) is 17.9. The average Bonchev–Trinajstić information content (AvgIpc) is 2.24. The first-order valence-corrected chi connectivity index (χ1v) is 7.02. The van der Waals surface area contributed by atoms with Gasteiger partial charge in [0.25, 0.3) is 0 Å². The predicted molar refractivity (Wildman–Crippen MR) is 68.7 cm³/mol. The highest BCUT2D eigenvalue weighted by atomic mass is 79.9. The number of carbonyl (C=O) groups is 1. The van der Waals surface area contributed by atoms with Gasteiger partial charge >= 0.3 is 0 Å². The summed E-state index contributed by atoms with van der Waals surface area (Å²) in [5.41, 5.74) is 0. The number of halogens is 1. The van der Waals surface area contributed by atoms with E-state index in [1.54, 1.807) is 0 Å². The Morgan fingerprint density at radius 1 is 1.38 bits per heavy atom. The van der Waals surface area contributed by atoms with E-state index in [1.165, 1.54) is 0 Å². The fraction of sp³-hybridized carbons (Fsp3) is 0.917. The predicted octanol–water partition coefficient (Wildman–Crippen LogP) is 2.32. The molecule has 4 heteroatoms. The zero-order valence-corrected chi connectivity index (χ0v) is 11.6. The molecule has 0 aromatic carbocycles. The molecule has 1 N–H and O–H groups in total. The number of alkyl halides is 1. The molecular weight excluding hydrogens is 270 g/mol. The van der Waals surface area contributed by atoms with Crippen LogP contribution >= 0.6 is 15.9 Å². The van der Waals surface area contributed by atoms with Gasteiger partial charge in [-0.25, -0.2) is 0 Å². The highest BCUT2D eigenvalue weighted by Gasteiger charge is 2.43. The third-order valence-electron chi connectivity index (χ3n) is 3.22. The van der Waals surface area contributed by atoms with Crippen molar-refractivity contribution in [1.82, 2.24) is 4.90 Å². The van der Waals surface area contributed by atoms with Gasteiger partial charge in [0.05, 0.1) is 6.61 Å². The molecule has 1 saturated carbocycles. The van der Waals surface area contributed by atoms with Gasteiger partial charge in [0.15, 0.2) is 0 Å². The molecule has 0 heterocycles. The van der Waals surface area contributed by atoms with E-state index in [1.807, 2.05) is 4.90 Å². The molecule has 0 saturated heterocycles. The monoisotopic (exact) mass is 291 g/mol. The quantitative estimate of drug-likeness (QED) is 0.578. The van der Waals surface area contributed by atoms with Crippen LogP contribution in [0.25, 0.3) is 0 Å². The standard InChI is InChI=1S/C12H22BrNO2/c1-2-3-4-8-14(9-10-15)11(16)12(13)6-5-7-12/h15H,2-10H2,1H3. The lowest BCUT2D eigenvalue weighted by atomic mass is 9.84. The number of nitrogens with zero attached hydrogens (tertiary/aromatic N) is 1. The van der Waals surface area contributed by atoms with Gasteiger partial charge < -0.3 is 10.0 Å². The molecule has 0 unspecified atom stereocenters. The van der Waals surface area contributed by atoms with Gasteiger partial charge in [0.2, 0.25) is 5.91 Å². The van der Waals surface area contributed by atoms with Gasteiger partial charge in [-0.15, -0.1) is 0 Å². The molecule has 0 bridgehead atoms. The summed E-state index contributed by atoms with van der Waals surface area (Å²) in [7, 11) is 0. The Morgan fingerprint density at radius 3 is 2.50 bits per heavy atom. The smallest absolute Gasteiger partial charge is 0.239 e. The number of carbonyl (C=O) groups excluding carboxylic acids is 1. The summed E-state index contributed by atoms with van der Waals surface area (Å²) >= 11 is 3.54. The van der Waals surface area contributed by atoms with Gasteiger partial charge in [0, 0.05) is 13.1 Å². The molecule has 0 spiro atoms. The Hall–Kier alpha value is -0.0900. The summed E-state index contributed by atoms with van der Waals surface area (Å²) < 4.78 is -0.311. The topological polar surface area (TPSA) is 40.5 Å².